The molecule has 0 amide bonds. The van der Waals surface area contributed by atoms with E-state index >= 15 is 0 Å². The van der Waals surface area contributed by atoms with Crippen molar-refractivity contribution < 1.29 is 19.0 Å². The van der Waals surface area contributed by atoms with E-state index in [0.29, 0.717) is 16.7 Å². The van der Waals surface area contributed by atoms with Crippen LogP contribution < -0.4 is 4.74 Å². The van der Waals surface area contributed by atoms with Crippen LogP contribution in [0.4, 0.5) is 4.39 Å². The van der Waals surface area contributed by atoms with Crippen molar-refractivity contribution in [1.29, 1.82) is 0 Å². The second kappa shape index (κ2) is 6.62. The molecule has 3 fully saturated rings. The fourth-order valence-corrected chi connectivity index (χ4v) is 4.90. The molecule has 3 nitrogen and oxygen atoms in total. The van der Waals surface area contributed by atoms with E-state index in [1.54, 1.807) is 6.07 Å². The summed E-state index contributed by atoms with van der Waals surface area (Å²) in [5.41, 5.74) is 0.799. The van der Waals surface area contributed by atoms with Gasteiger partial charge >= 0.3 is 5.97 Å². The fraction of sp³-hybridized carbons (Fsp3) is 0.667. The van der Waals surface area contributed by atoms with Gasteiger partial charge in [-0.3, -0.25) is 0 Å². The van der Waals surface area contributed by atoms with Crippen molar-refractivity contribution in [3.63, 3.8) is 0 Å². The average molecular weight is 346 g/mol. The zero-order valence-corrected chi connectivity index (χ0v) is 14.7. The van der Waals surface area contributed by atoms with Gasteiger partial charge in [0, 0.05) is 5.56 Å². The lowest BCUT2D eigenvalue weighted by Crippen LogP contribution is -2.34. The van der Waals surface area contributed by atoms with Gasteiger partial charge in [-0.2, -0.15) is 0 Å². The third-order valence-electron chi connectivity index (χ3n) is 6.56. The largest absolute Gasteiger partial charge is 0.490 e. The van der Waals surface area contributed by atoms with E-state index in [1.807, 2.05) is 0 Å². The van der Waals surface area contributed by atoms with E-state index in [1.165, 1.54) is 51.0 Å². The quantitative estimate of drug-likeness (QED) is 0.763. The Morgan fingerprint density at radius 1 is 1.04 bits per heavy atom. The standard InChI is InChI=1S/C21H27FO3/c22-19-16(20(23)24)6-7-17(18(19)14-4-5-14)25-15-8-12-21(13-9-15)10-2-1-3-11-21/h6-7,14-15H,1-5,8-13H2,(H,23,24). The molecule has 136 valence electrons. The number of carboxylic acids is 1. The first-order chi connectivity index (χ1) is 12.1. The predicted octanol–water partition coefficient (Wildman–Crippen LogP) is 5.67. The molecule has 1 aromatic carbocycles. The molecule has 0 radical (unpaired) electrons. The molecule has 3 saturated carbocycles. The lowest BCUT2D eigenvalue weighted by molar-refractivity contribution is 0.0516. The summed E-state index contributed by atoms with van der Waals surface area (Å²) in [6.45, 7) is 0. The van der Waals surface area contributed by atoms with E-state index in [0.717, 1.165) is 25.7 Å². The van der Waals surface area contributed by atoms with Crippen molar-refractivity contribution >= 4 is 5.97 Å². The molecule has 0 bridgehead atoms. The molecule has 0 aliphatic heterocycles. The Morgan fingerprint density at radius 3 is 2.32 bits per heavy atom. The van der Waals surface area contributed by atoms with Crippen LogP contribution in [0.2, 0.25) is 0 Å². The average Bonchev–Trinajstić information content (AvgIpc) is 3.43. The van der Waals surface area contributed by atoms with E-state index in [2.05, 4.69) is 0 Å². The van der Waals surface area contributed by atoms with Crippen LogP contribution in [0.5, 0.6) is 5.75 Å². The summed E-state index contributed by atoms with van der Waals surface area (Å²) in [7, 11) is 0. The van der Waals surface area contributed by atoms with Gasteiger partial charge in [0.2, 0.25) is 0 Å². The van der Waals surface area contributed by atoms with Gasteiger partial charge in [-0.1, -0.05) is 19.3 Å². The molecule has 0 aromatic heterocycles. The Bertz CT molecular complexity index is 649. The van der Waals surface area contributed by atoms with Crippen LogP contribution in [0, 0.1) is 11.2 Å². The summed E-state index contributed by atoms with van der Waals surface area (Å²) in [6.07, 6.45) is 13.3. The maximum atomic E-state index is 14.7. The van der Waals surface area contributed by atoms with Gasteiger partial charge in [-0.05, 0) is 74.8 Å². The second-order valence-electron chi connectivity index (χ2n) is 8.30. The minimum absolute atomic E-state index is 0.127. The van der Waals surface area contributed by atoms with Crippen molar-refractivity contribution in [3.05, 3.63) is 29.1 Å². The third-order valence-corrected chi connectivity index (χ3v) is 6.56. The molecule has 4 rings (SSSR count). The van der Waals surface area contributed by atoms with Crippen LogP contribution in [0.3, 0.4) is 0 Å². The van der Waals surface area contributed by atoms with Crippen LogP contribution in [0.25, 0.3) is 0 Å². The Labute approximate surface area is 148 Å². The van der Waals surface area contributed by atoms with Crippen LogP contribution in [0.15, 0.2) is 12.1 Å². The van der Waals surface area contributed by atoms with Gasteiger partial charge in [-0.25, -0.2) is 9.18 Å². The minimum atomic E-state index is -1.21. The first-order valence-corrected chi connectivity index (χ1v) is 9.80. The monoisotopic (exact) mass is 346 g/mol. The Balaban J connectivity index is 1.48. The van der Waals surface area contributed by atoms with Crippen LogP contribution in [-0.4, -0.2) is 17.2 Å². The first-order valence-electron chi connectivity index (χ1n) is 9.80. The Morgan fingerprint density at radius 2 is 1.72 bits per heavy atom. The highest BCUT2D eigenvalue weighted by atomic mass is 19.1. The summed E-state index contributed by atoms with van der Waals surface area (Å²) in [5, 5.41) is 9.16. The van der Waals surface area contributed by atoms with Crippen LogP contribution in [-0.2, 0) is 0 Å². The molecule has 1 spiro atoms. The maximum absolute atomic E-state index is 14.7. The number of ether oxygens (including phenoxy) is 1. The molecule has 1 N–H and O–H groups in total. The molecule has 0 atom stereocenters. The number of halogens is 1. The number of carbonyl (C=O) groups is 1. The molecule has 1 aromatic rings. The van der Waals surface area contributed by atoms with E-state index in [9.17, 15) is 9.18 Å². The first kappa shape index (κ1) is 16.9. The number of hydrogen-bond acceptors (Lipinski definition) is 2. The molecule has 4 heteroatoms. The molecular formula is C21H27FO3. The van der Waals surface area contributed by atoms with Crippen molar-refractivity contribution in [1.82, 2.24) is 0 Å². The molecule has 0 unspecified atom stereocenters. The van der Waals surface area contributed by atoms with Crippen LogP contribution >= 0.6 is 0 Å². The van der Waals surface area contributed by atoms with E-state index in [-0.39, 0.29) is 17.6 Å². The summed E-state index contributed by atoms with van der Waals surface area (Å²) in [4.78, 5) is 11.2. The van der Waals surface area contributed by atoms with Gasteiger partial charge in [-0.15, -0.1) is 0 Å². The topological polar surface area (TPSA) is 46.5 Å². The Kier molecular flexibility index (Phi) is 4.47. The SMILES string of the molecule is O=C(O)c1ccc(OC2CCC3(CCCCC3)CC2)c(C2CC2)c1F. The lowest BCUT2D eigenvalue weighted by atomic mass is 9.65. The number of hydrogen-bond donors (Lipinski definition) is 1. The number of carboxylic acid groups (broad SMARTS) is 1. The number of rotatable bonds is 4. The molecule has 0 heterocycles. The molecule has 0 saturated heterocycles. The van der Waals surface area contributed by atoms with Gasteiger partial charge in [0.25, 0.3) is 0 Å². The highest BCUT2D eigenvalue weighted by Crippen LogP contribution is 2.50. The zero-order valence-electron chi connectivity index (χ0n) is 14.7. The van der Waals surface area contributed by atoms with Gasteiger partial charge < -0.3 is 9.84 Å². The minimum Gasteiger partial charge on any atom is -0.490 e. The lowest BCUT2D eigenvalue weighted by Gasteiger charge is -2.43. The number of aromatic carboxylic acids is 1. The smallest absolute Gasteiger partial charge is 0.338 e. The Hall–Kier alpha value is -1.58. The van der Waals surface area contributed by atoms with E-state index < -0.39 is 11.8 Å². The molecule has 25 heavy (non-hydrogen) atoms. The van der Waals surface area contributed by atoms with Crippen molar-refractivity contribution in [2.45, 2.75) is 82.7 Å². The normalized spacial score (nSPS) is 23.6. The number of benzene rings is 1. The maximum Gasteiger partial charge on any atom is 0.338 e. The van der Waals surface area contributed by atoms with Crippen molar-refractivity contribution in [3.8, 4) is 5.75 Å². The summed E-state index contributed by atoms with van der Waals surface area (Å²) >= 11 is 0. The van der Waals surface area contributed by atoms with Crippen molar-refractivity contribution in [2.24, 2.45) is 5.41 Å². The summed E-state index contributed by atoms with van der Waals surface area (Å²) in [5.74, 6) is -1.09. The molecule has 3 aliphatic carbocycles. The second-order valence-corrected chi connectivity index (χ2v) is 8.30. The third kappa shape index (κ3) is 3.40. The zero-order chi connectivity index (χ0) is 17.4. The van der Waals surface area contributed by atoms with Gasteiger partial charge in [0.1, 0.15) is 11.6 Å². The predicted molar refractivity (Wildman–Crippen MR) is 93.7 cm³/mol. The summed E-state index contributed by atoms with van der Waals surface area (Å²) in [6, 6.07) is 3.02. The summed E-state index contributed by atoms with van der Waals surface area (Å²) < 4.78 is 20.9. The van der Waals surface area contributed by atoms with Gasteiger partial charge in [0.05, 0.1) is 11.7 Å². The molecule has 3 aliphatic rings. The van der Waals surface area contributed by atoms with E-state index in [4.69, 9.17) is 9.84 Å². The molecular weight excluding hydrogens is 319 g/mol. The highest BCUT2D eigenvalue weighted by molar-refractivity contribution is 5.88. The highest BCUT2D eigenvalue weighted by Gasteiger charge is 2.38. The fourth-order valence-electron chi connectivity index (χ4n) is 4.90. The van der Waals surface area contributed by atoms with Crippen molar-refractivity contribution in [2.75, 3.05) is 0 Å². The van der Waals surface area contributed by atoms with Gasteiger partial charge in [0.15, 0.2) is 0 Å². The van der Waals surface area contributed by atoms with Crippen LogP contribution in [0.1, 0.15) is 92.5 Å².